The van der Waals surface area contributed by atoms with Crippen molar-refractivity contribution in [3.63, 3.8) is 0 Å². The molecule has 35 heavy (non-hydrogen) atoms. The van der Waals surface area contributed by atoms with E-state index < -0.39 is 72.7 Å². The van der Waals surface area contributed by atoms with Crippen LogP contribution in [-0.4, -0.2) is 77.5 Å². The molecule has 2 aliphatic rings. The van der Waals surface area contributed by atoms with Crippen molar-refractivity contribution in [1.82, 2.24) is 0 Å². The van der Waals surface area contributed by atoms with E-state index in [9.17, 15) is 9.18 Å². The maximum absolute atomic E-state index is 17.2. The van der Waals surface area contributed by atoms with Gasteiger partial charge in [0.2, 0.25) is 5.67 Å². The lowest BCUT2D eigenvalue weighted by Crippen LogP contribution is -3.01. The Morgan fingerprint density at radius 1 is 0.971 bits per heavy atom. The van der Waals surface area contributed by atoms with Crippen LogP contribution in [0.25, 0.3) is 0 Å². The van der Waals surface area contributed by atoms with E-state index in [0.717, 1.165) is 9.24 Å². The van der Waals surface area contributed by atoms with Crippen LogP contribution in [0.3, 0.4) is 0 Å². The second kappa shape index (κ2) is 7.95. The molecule has 4 radical (unpaired) electrons. The SMILES string of the molecule is [B]C1(F)C(F)(C(F)P)C(C)(F)C2(F)C(C)(P)C(F)C(F)(P)C1(OC(=O)C(C)(C)C(C)(C)C)C2([B])P. The van der Waals surface area contributed by atoms with Gasteiger partial charge < -0.3 is 4.74 Å². The number of esters is 1. The number of alkyl halides is 7. The Morgan fingerprint density at radius 2 is 1.37 bits per heavy atom. The predicted molar refractivity (Wildman–Crippen MR) is 138 cm³/mol. The maximum atomic E-state index is 17.2. The van der Waals surface area contributed by atoms with Gasteiger partial charge in [0.1, 0.15) is 7.85 Å². The molecule has 2 aliphatic carbocycles. The summed E-state index contributed by atoms with van der Waals surface area (Å²) in [6.45, 7) is 8.03. The molecule has 0 spiro atoms. The molecule has 0 aromatic carbocycles. The lowest BCUT2D eigenvalue weighted by Gasteiger charge is -2.78. The summed E-state index contributed by atoms with van der Waals surface area (Å²) in [6, 6.07) is 0. The van der Waals surface area contributed by atoms with E-state index >= 15 is 26.3 Å². The lowest BCUT2D eigenvalue weighted by atomic mass is 9.34. The summed E-state index contributed by atoms with van der Waals surface area (Å²) in [4.78, 5) is 13.4. The third-order valence-corrected chi connectivity index (χ3v) is 11.4. The van der Waals surface area contributed by atoms with Crippen LogP contribution in [-0.2, 0) is 9.53 Å². The largest absolute Gasteiger partial charge is 0.452 e. The van der Waals surface area contributed by atoms with Crippen molar-refractivity contribution in [1.29, 1.82) is 0 Å². The summed E-state index contributed by atoms with van der Waals surface area (Å²) >= 11 is 0. The molecule has 0 aromatic rings. The van der Waals surface area contributed by atoms with Crippen LogP contribution < -0.4 is 0 Å². The molecule has 0 aliphatic heterocycles. The van der Waals surface area contributed by atoms with Gasteiger partial charge in [-0.15, -0.1) is 18.5 Å². The number of hydrogen-bond acceptors (Lipinski definition) is 2. The number of rotatable bonds is 3. The average molecular weight is 582 g/mol. The Kier molecular flexibility index (Phi) is 7.27. The lowest BCUT2D eigenvalue weighted by molar-refractivity contribution is -0.342. The number of ether oxygens (including phenoxy) is 1. The molecular weight excluding hydrogens is 551 g/mol. The van der Waals surface area contributed by atoms with Crippen LogP contribution in [0.4, 0.5) is 30.7 Å². The van der Waals surface area contributed by atoms with E-state index in [-0.39, 0.29) is 6.92 Å². The van der Waals surface area contributed by atoms with E-state index in [1.54, 1.807) is 20.8 Å². The second-order valence-corrected chi connectivity index (χ2v) is 15.3. The van der Waals surface area contributed by atoms with Gasteiger partial charge in [-0.3, -0.25) is 4.79 Å². The Morgan fingerprint density at radius 3 is 1.71 bits per heavy atom. The first kappa shape index (κ1) is 32.0. The molecule has 2 bridgehead atoms. The standard InChI is InChI=1S/C20H31B2F7O2P4/c1-11(2,3)12(4,5)10(30)31-18-16(27,34)8(23)13(6,33)17(28,20(18,22)35)14(7,25)15(26,9(24)32)19(18,21)29/h8-9H,32-35H2,1-7H3. The van der Waals surface area contributed by atoms with Crippen molar-refractivity contribution in [2.75, 3.05) is 0 Å². The fourth-order valence-electron chi connectivity index (χ4n) is 5.39. The fourth-order valence-corrected chi connectivity index (χ4v) is 9.15. The van der Waals surface area contributed by atoms with Crippen molar-refractivity contribution >= 4 is 58.6 Å². The molecule has 0 saturated heterocycles. The fraction of sp³-hybridized carbons (Fsp3) is 0.950. The van der Waals surface area contributed by atoms with E-state index in [0.29, 0.717) is 6.92 Å². The molecule has 2 nitrogen and oxygen atoms in total. The topological polar surface area (TPSA) is 26.3 Å². The third kappa shape index (κ3) is 3.06. The molecule has 198 valence electrons. The van der Waals surface area contributed by atoms with E-state index in [2.05, 4.69) is 0 Å². The summed E-state index contributed by atoms with van der Waals surface area (Å²) in [5.41, 5.74) is -24.8. The molecular formula is C20H31B2F7O2P4. The third-order valence-electron chi connectivity index (χ3n) is 8.71. The van der Waals surface area contributed by atoms with Gasteiger partial charge in [-0.1, -0.05) is 39.3 Å². The van der Waals surface area contributed by atoms with Gasteiger partial charge >= 0.3 is 5.97 Å². The first-order valence-electron chi connectivity index (χ1n) is 10.6. The minimum absolute atomic E-state index is 0.129. The predicted octanol–water partition coefficient (Wildman–Crippen LogP) is 4.77. The van der Waals surface area contributed by atoms with Crippen molar-refractivity contribution in [2.45, 2.75) is 104 Å². The smallest absolute Gasteiger partial charge is 0.312 e. The first-order chi connectivity index (χ1) is 15.0. The van der Waals surface area contributed by atoms with Gasteiger partial charge in [-0.2, -0.15) is 0 Å². The zero-order chi connectivity index (χ0) is 28.4. The summed E-state index contributed by atoms with van der Waals surface area (Å²) < 4.78 is 119. The second-order valence-electron chi connectivity index (χ2n) is 11.7. The van der Waals surface area contributed by atoms with Crippen LogP contribution in [0.2, 0.25) is 0 Å². The van der Waals surface area contributed by atoms with Crippen molar-refractivity contribution in [3.05, 3.63) is 0 Å². The van der Waals surface area contributed by atoms with Gasteiger partial charge in [0.15, 0.2) is 40.0 Å². The van der Waals surface area contributed by atoms with Gasteiger partial charge in [0.25, 0.3) is 0 Å². The van der Waals surface area contributed by atoms with Crippen LogP contribution in [0, 0.1) is 10.8 Å². The molecule has 2 saturated carbocycles. The number of fused-ring (bicyclic) bond motifs is 2. The highest BCUT2D eigenvalue weighted by molar-refractivity contribution is 7.25. The highest BCUT2D eigenvalue weighted by atomic mass is 31.0. The average Bonchev–Trinajstić information content (AvgIpc) is 2.65. The van der Waals surface area contributed by atoms with Gasteiger partial charge in [-0.05, 0) is 33.1 Å². The summed E-state index contributed by atoms with van der Waals surface area (Å²) in [7, 11) is 17.0. The summed E-state index contributed by atoms with van der Waals surface area (Å²) in [6.07, 6.45) is -3.22. The number of halogens is 7. The molecule has 0 heterocycles. The maximum Gasteiger partial charge on any atom is 0.312 e. The van der Waals surface area contributed by atoms with Gasteiger partial charge in [0.05, 0.1) is 18.4 Å². The Bertz CT molecular complexity index is 916. The van der Waals surface area contributed by atoms with Crippen molar-refractivity contribution in [2.24, 2.45) is 10.8 Å². The van der Waals surface area contributed by atoms with Gasteiger partial charge in [0, 0.05) is 5.06 Å². The minimum Gasteiger partial charge on any atom is -0.452 e. The highest BCUT2D eigenvalue weighted by Crippen LogP contribution is 2.79. The van der Waals surface area contributed by atoms with Gasteiger partial charge in [-0.25, -0.2) is 30.7 Å². The molecule has 2 fully saturated rings. The quantitative estimate of drug-likeness (QED) is 0.208. The summed E-state index contributed by atoms with van der Waals surface area (Å²) in [5, 5.41) is -10.4. The summed E-state index contributed by atoms with van der Waals surface area (Å²) in [5.74, 6) is -4.81. The molecule has 15 heteroatoms. The normalized spacial score (nSPS) is 53.7. The minimum atomic E-state index is -4.76. The molecule has 0 N–H and O–H groups in total. The Labute approximate surface area is 214 Å². The van der Waals surface area contributed by atoms with Crippen LogP contribution >= 0.6 is 37.0 Å². The van der Waals surface area contributed by atoms with E-state index in [4.69, 9.17) is 20.4 Å². The zero-order valence-electron chi connectivity index (χ0n) is 20.6. The molecule has 0 aromatic heterocycles. The van der Waals surface area contributed by atoms with Crippen LogP contribution in [0.15, 0.2) is 0 Å². The van der Waals surface area contributed by atoms with Crippen LogP contribution in [0.1, 0.15) is 48.5 Å². The number of hydrogen-bond donors (Lipinski definition) is 0. The van der Waals surface area contributed by atoms with E-state index in [1.807, 2.05) is 0 Å². The Balaban J connectivity index is 3.19. The zero-order valence-corrected chi connectivity index (χ0v) is 25.2. The molecule has 14 atom stereocenters. The highest BCUT2D eigenvalue weighted by Gasteiger charge is 2.99. The Hall–Kier alpha value is 0.830. The monoisotopic (exact) mass is 582 g/mol. The first-order valence-corrected chi connectivity index (χ1v) is 13.0. The van der Waals surface area contributed by atoms with Crippen molar-refractivity contribution < 1.29 is 40.3 Å². The van der Waals surface area contributed by atoms with Crippen LogP contribution in [0.5, 0.6) is 0 Å². The molecule has 2 rings (SSSR count). The van der Waals surface area contributed by atoms with E-state index in [1.165, 1.54) is 41.6 Å². The number of carbonyl (C=O) groups excluding carboxylic acids is 1. The molecule has 0 amide bonds. The molecule has 14 unspecified atom stereocenters. The number of carbonyl (C=O) groups is 1. The van der Waals surface area contributed by atoms with Crippen molar-refractivity contribution in [3.8, 4) is 0 Å².